The van der Waals surface area contributed by atoms with Gasteiger partial charge in [-0.1, -0.05) is 30.3 Å². The topological polar surface area (TPSA) is 81.9 Å². The first-order chi connectivity index (χ1) is 14.6. The van der Waals surface area contributed by atoms with Crippen molar-refractivity contribution in [3.63, 3.8) is 0 Å². The maximum Gasteiger partial charge on any atom is 0.255 e. The number of ether oxygens (including phenoxy) is 1. The van der Waals surface area contributed by atoms with Crippen molar-refractivity contribution >= 4 is 23.3 Å². The summed E-state index contributed by atoms with van der Waals surface area (Å²) in [4.78, 5) is 12.7. The first-order valence-corrected chi connectivity index (χ1v) is 10.2. The van der Waals surface area contributed by atoms with Gasteiger partial charge in [0.15, 0.2) is 0 Å². The van der Waals surface area contributed by atoms with Gasteiger partial charge in [0, 0.05) is 11.8 Å². The molecule has 4 rings (SSSR count). The van der Waals surface area contributed by atoms with E-state index in [1.165, 1.54) is 11.1 Å². The highest BCUT2D eigenvalue weighted by molar-refractivity contribution is 6.99. The summed E-state index contributed by atoms with van der Waals surface area (Å²) >= 11 is 1.16. The minimum atomic E-state index is -0.220. The van der Waals surface area contributed by atoms with Crippen LogP contribution < -0.4 is 10.1 Å². The molecule has 4 aromatic rings. The second-order valence-corrected chi connectivity index (χ2v) is 7.45. The fraction of sp³-hybridized carbons (Fsp3) is 0.182. The zero-order chi connectivity index (χ0) is 20.9. The maximum absolute atomic E-state index is 12.7. The van der Waals surface area contributed by atoms with Crippen molar-refractivity contribution < 1.29 is 9.53 Å². The Hall–Kier alpha value is -3.52. The molecule has 0 saturated carbocycles. The fourth-order valence-electron chi connectivity index (χ4n) is 2.94. The summed E-state index contributed by atoms with van der Waals surface area (Å²) in [5.74, 6) is 0.382. The van der Waals surface area contributed by atoms with E-state index in [9.17, 15) is 4.79 Å². The molecule has 2 aromatic heterocycles. The van der Waals surface area contributed by atoms with Gasteiger partial charge < -0.3 is 10.1 Å². The molecule has 0 aliphatic rings. The van der Waals surface area contributed by atoms with E-state index in [4.69, 9.17) is 4.74 Å². The van der Waals surface area contributed by atoms with E-state index in [1.807, 2.05) is 36.0 Å². The molecule has 1 N–H and O–H groups in total. The van der Waals surface area contributed by atoms with E-state index in [2.05, 4.69) is 38.2 Å². The Bertz CT molecular complexity index is 1170. The maximum atomic E-state index is 12.7. The van der Waals surface area contributed by atoms with E-state index < -0.39 is 0 Å². The van der Waals surface area contributed by atoms with Crippen molar-refractivity contribution in [1.82, 2.24) is 18.5 Å². The number of benzene rings is 2. The van der Waals surface area contributed by atoms with Crippen LogP contribution >= 0.6 is 11.7 Å². The first kappa shape index (κ1) is 19.8. The number of anilines is 1. The van der Waals surface area contributed by atoms with Crippen LogP contribution in [-0.2, 0) is 13.2 Å². The predicted octanol–water partition coefficient (Wildman–Crippen LogP) is 4.23. The number of aryl methyl sites for hydroxylation is 2. The third-order valence-corrected chi connectivity index (χ3v) is 5.36. The van der Waals surface area contributed by atoms with Crippen LogP contribution in [0.1, 0.15) is 32.9 Å². The lowest BCUT2D eigenvalue weighted by Gasteiger charge is -2.07. The van der Waals surface area contributed by atoms with Crippen molar-refractivity contribution in [3.05, 3.63) is 89.0 Å². The molecular weight excluding hydrogens is 398 g/mol. The van der Waals surface area contributed by atoms with Crippen molar-refractivity contribution in [2.24, 2.45) is 0 Å². The molecule has 0 saturated heterocycles. The van der Waals surface area contributed by atoms with E-state index >= 15 is 0 Å². The molecule has 2 heterocycles. The van der Waals surface area contributed by atoms with Crippen LogP contribution in [0.4, 0.5) is 5.69 Å². The second-order valence-electron chi connectivity index (χ2n) is 6.92. The lowest BCUT2D eigenvalue weighted by molar-refractivity contribution is 0.102. The summed E-state index contributed by atoms with van der Waals surface area (Å²) in [6, 6.07) is 15.2. The largest absolute Gasteiger partial charge is 0.487 e. The van der Waals surface area contributed by atoms with Gasteiger partial charge in [-0.2, -0.15) is 13.8 Å². The Morgan fingerprint density at radius 3 is 2.80 bits per heavy atom. The van der Waals surface area contributed by atoms with Crippen LogP contribution in [0.2, 0.25) is 0 Å². The van der Waals surface area contributed by atoms with Gasteiger partial charge in [0.05, 0.1) is 35.9 Å². The van der Waals surface area contributed by atoms with Crippen LogP contribution in [0.15, 0.2) is 60.9 Å². The average Bonchev–Trinajstić information content (AvgIpc) is 3.37. The second kappa shape index (κ2) is 8.87. The van der Waals surface area contributed by atoms with Gasteiger partial charge in [-0.05, 0) is 43.2 Å². The van der Waals surface area contributed by atoms with Crippen LogP contribution in [0.3, 0.4) is 0 Å². The van der Waals surface area contributed by atoms with Crippen LogP contribution in [0.5, 0.6) is 5.75 Å². The van der Waals surface area contributed by atoms with E-state index in [0.29, 0.717) is 30.2 Å². The van der Waals surface area contributed by atoms with Crippen molar-refractivity contribution in [2.75, 3.05) is 5.32 Å². The Morgan fingerprint density at radius 2 is 2.00 bits per heavy atom. The van der Waals surface area contributed by atoms with Crippen LogP contribution in [-0.4, -0.2) is 24.4 Å². The molecule has 30 heavy (non-hydrogen) atoms. The van der Waals surface area contributed by atoms with Gasteiger partial charge >= 0.3 is 0 Å². The Balaban J connectivity index is 1.39. The molecule has 0 aliphatic carbocycles. The normalized spacial score (nSPS) is 10.7. The first-order valence-electron chi connectivity index (χ1n) is 9.48. The van der Waals surface area contributed by atoms with Crippen molar-refractivity contribution in [2.45, 2.75) is 27.0 Å². The molecule has 2 aromatic carbocycles. The number of nitrogens with zero attached hydrogens (tertiary/aromatic N) is 4. The van der Waals surface area contributed by atoms with Gasteiger partial charge in [0.1, 0.15) is 18.1 Å². The van der Waals surface area contributed by atoms with Gasteiger partial charge in [-0.3, -0.25) is 9.48 Å². The smallest absolute Gasteiger partial charge is 0.255 e. The third kappa shape index (κ3) is 4.72. The highest BCUT2D eigenvalue weighted by Crippen LogP contribution is 2.18. The molecule has 0 spiro atoms. The molecule has 7 nitrogen and oxygen atoms in total. The standard InChI is InChI=1S/C22H21N5O2S/c1-15-6-3-4-7-18(15)12-27-13-19(11-23-27)24-22(28)17-8-5-9-20(10-17)29-14-21-16(2)25-30-26-21/h3-11,13H,12,14H2,1-2H3,(H,24,28). The molecule has 0 radical (unpaired) electrons. The van der Waals surface area contributed by atoms with E-state index in [1.54, 1.807) is 24.4 Å². The van der Waals surface area contributed by atoms with Crippen LogP contribution in [0, 0.1) is 13.8 Å². The third-order valence-electron chi connectivity index (χ3n) is 4.70. The van der Waals surface area contributed by atoms with Crippen LogP contribution in [0.25, 0.3) is 0 Å². The molecule has 152 valence electrons. The number of rotatable bonds is 7. The van der Waals surface area contributed by atoms with Crippen molar-refractivity contribution in [3.8, 4) is 5.75 Å². The minimum absolute atomic E-state index is 0.220. The molecule has 0 bridgehead atoms. The number of carbonyl (C=O) groups excluding carboxylic acids is 1. The number of hydrogen-bond donors (Lipinski definition) is 1. The van der Waals surface area contributed by atoms with E-state index in [-0.39, 0.29) is 5.91 Å². The summed E-state index contributed by atoms with van der Waals surface area (Å²) in [6.07, 6.45) is 3.47. The number of aromatic nitrogens is 4. The monoisotopic (exact) mass is 419 g/mol. The number of carbonyl (C=O) groups is 1. The Labute approximate surface area is 178 Å². The summed E-state index contributed by atoms with van der Waals surface area (Å²) in [7, 11) is 0. The highest BCUT2D eigenvalue weighted by atomic mass is 32.1. The Kier molecular flexibility index (Phi) is 5.85. The quantitative estimate of drug-likeness (QED) is 0.485. The summed E-state index contributed by atoms with van der Waals surface area (Å²) in [5, 5.41) is 7.23. The van der Waals surface area contributed by atoms with Gasteiger partial charge in [0.25, 0.3) is 5.91 Å². The van der Waals surface area contributed by atoms with Crippen molar-refractivity contribution in [1.29, 1.82) is 0 Å². The number of hydrogen-bond acceptors (Lipinski definition) is 6. The minimum Gasteiger partial charge on any atom is -0.487 e. The van der Waals surface area contributed by atoms with E-state index in [0.717, 1.165) is 23.1 Å². The fourth-order valence-corrected chi connectivity index (χ4v) is 3.49. The molecule has 0 aliphatic heterocycles. The summed E-state index contributed by atoms with van der Waals surface area (Å²) < 4.78 is 15.9. The van der Waals surface area contributed by atoms with Gasteiger partial charge in [-0.25, -0.2) is 0 Å². The zero-order valence-corrected chi connectivity index (χ0v) is 17.5. The molecule has 8 heteroatoms. The summed E-state index contributed by atoms with van der Waals surface area (Å²) in [5.41, 5.74) is 5.21. The lowest BCUT2D eigenvalue weighted by Crippen LogP contribution is -2.11. The molecule has 0 fully saturated rings. The molecular formula is C22H21N5O2S. The predicted molar refractivity (Wildman–Crippen MR) is 116 cm³/mol. The molecule has 0 unspecified atom stereocenters. The highest BCUT2D eigenvalue weighted by Gasteiger charge is 2.10. The zero-order valence-electron chi connectivity index (χ0n) is 16.7. The van der Waals surface area contributed by atoms with Gasteiger partial charge in [0.2, 0.25) is 0 Å². The van der Waals surface area contributed by atoms with Gasteiger partial charge in [-0.15, -0.1) is 0 Å². The lowest BCUT2D eigenvalue weighted by atomic mass is 10.1. The average molecular weight is 420 g/mol. The number of amides is 1. The molecule has 0 atom stereocenters. The number of nitrogens with one attached hydrogen (secondary N) is 1. The summed E-state index contributed by atoms with van der Waals surface area (Å²) in [6.45, 7) is 4.93. The Morgan fingerprint density at radius 1 is 1.13 bits per heavy atom. The SMILES string of the molecule is Cc1ccccc1Cn1cc(NC(=O)c2cccc(OCc3nsnc3C)c2)cn1. The molecule has 1 amide bonds.